The van der Waals surface area contributed by atoms with Gasteiger partial charge in [-0.05, 0) is 37.0 Å². The number of phenols is 1. The summed E-state index contributed by atoms with van der Waals surface area (Å²) in [5, 5.41) is 28.4. The molecule has 6 nitrogen and oxygen atoms in total. The van der Waals surface area contributed by atoms with Crippen LogP contribution in [0.2, 0.25) is 0 Å². The minimum Gasteiger partial charge on any atom is -0.504 e. The summed E-state index contributed by atoms with van der Waals surface area (Å²) in [5.41, 5.74) is 1.10. The lowest BCUT2D eigenvalue weighted by atomic mass is 10.1. The first kappa shape index (κ1) is 18.0. The van der Waals surface area contributed by atoms with E-state index in [1.165, 1.54) is 7.11 Å². The minimum atomic E-state index is -0.477. The van der Waals surface area contributed by atoms with Crippen molar-refractivity contribution >= 4 is 0 Å². The second kappa shape index (κ2) is 9.08. The molecule has 1 heterocycles. The van der Waals surface area contributed by atoms with Crippen LogP contribution in [0.15, 0.2) is 18.2 Å². The van der Waals surface area contributed by atoms with E-state index in [4.69, 9.17) is 19.3 Å². The Hall–Kier alpha value is -1.34. The third-order valence-corrected chi connectivity index (χ3v) is 3.96. The molecule has 1 saturated heterocycles. The topological polar surface area (TPSA) is 88.4 Å². The number of aliphatic hydroxyl groups is 2. The number of phenolic OH excluding ortho intramolecular Hbond substituents is 1. The smallest absolute Gasteiger partial charge is 0.160 e. The molecule has 3 unspecified atom stereocenters. The number of unbranched alkanes of at least 4 members (excludes halogenated alkanes) is 1. The van der Waals surface area contributed by atoms with Crippen LogP contribution in [0.4, 0.5) is 0 Å². The molecule has 1 fully saturated rings. The number of aromatic hydroxyl groups is 1. The molecule has 0 bridgehead atoms. The molecule has 1 aliphatic heterocycles. The Labute approximate surface area is 136 Å². The van der Waals surface area contributed by atoms with Gasteiger partial charge in [0.2, 0.25) is 0 Å². The second-order valence-electron chi connectivity index (χ2n) is 5.83. The first-order valence-electron chi connectivity index (χ1n) is 8.04. The Balaban J connectivity index is 1.66. The number of hydrogen-bond donors (Lipinski definition) is 3. The highest BCUT2D eigenvalue weighted by atomic mass is 16.7. The normalized spacial score (nSPS) is 24.6. The fourth-order valence-electron chi connectivity index (χ4n) is 2.70. The molecule has 0 aliphatic carbocycles. The number of benzene rings is 1. The molecule has 130 valence electrons. The Morgan fingerprint density at radius 1 is 1.26 bits per heavy atom. The molecule has 6 heteroatoms. The van der Waals surface area contributed by atoms with E-state index in [1.807, 2.05) is 12.1 Å². The van der Waals surface area contributed by atoms with Crippen LogP contribution >= 0.6 is 0 Å². The van der Waals surface area contributed by atoms with Crippen LogP contribution < -0.4 is 4.74 Å². The predicted molar refractivity (Wildman–Crippen MR) is 84.5 cm³/mol. The molecule has 0 spiro atoms. The van der Waals surface area contributed by atoms with Crippen LogP contribution in [0.3, 0.4) is 0 Å². The number of aliphatic hydroxyl groups excluding tert-OH is 2. The third-order valence-electron chi connectivity index (χ3n) is 3.96. The van der Waals surface area contributed by atoms with Crippen molar-refractivity contribution < 1.29 is 29.5 Å². The predicted octanol–water partition coefficient (Wildman–Crippen LogP) is 1.60. The van der Waals surface area contributed by atoms with Gasteiger partial charge in [0, 0.05) is 19.4 Å². The fraction of sp³-hybridized carbons (Fsp3) is 0.647. The van der Waals surface area contributed by atoms with E-state index in [1.54, 1.807) is 6.07 Å². The maximum Gasteiger partial charge on any atom is 0.160 e. The first-order valence-corrected chi connectivity index (χ1v) is 8.04. The molecule has 1 aliphatic rings. The molecule has 1 aromatic rings. The van der Waals surface area contributed by atoms with Crippen LogP contribution in [0, 0.1) is 0 Å². The lowest BCUT2D eigenvalue weighted by Gasteiger charge is -2.32. The van der Waals surface area contributed by atoms with Crippen LogP contribution in [0.5, 0.6) is 11.5 Å². The summed E-state index contributed by atoms with van der Waals surface area (Å²) in [6, 6.07) is 5.35. The number of hydrogen-bond acceptors (Lipinski definition) is 6. The summed E-state index contributed by atoms with van der Waals surface area (Å²) in [6.07, 6.45) is 2.32. The number of rotatable bonds is 8. The van der Waals surface area contributed by atoms with Gasteiger partial charge in [-0.1, -0.05) is 6.07 Å². The second-order valence-corrected chi connectivity index (χ2v) is 5.83. The average molecular weight is 326 g/mol. The van der Waals surface area contributed by atoms with Gasteiger partial charge >= 0.3 is 0 Å². The van der Waals surface area contributed by atoms with Gasteiger partial charge < -0.3 is 29.5 Å². The highest BCUT2D eigenvalue weighted by molar-refractivity contribution is 5.41. The Morgan fingerprint density at radius 2 is 2.09 bits per heavy atom. The van der Waals surface area contributed by atoms with Crippen molar-refractivity contribution in [3.63, 3.8) is 0 Å². The van der Waals surface area contributed by atoms with Crippen LogP contribution in [-0.4, -0.2) is 54.1 Å². The lowest BCUT2D eigenvalue weighted by Crippen LogP contribution is -2.39. The number of ether oxygens (including phenoxy) is 3. The molecule has 23 heavy (non-hydrogen) atoms. The van der Waals surface area contributed by atoms with Gasteiger partial charge in [0.15, 0.2) is 17.8 Å². The van der Waals surface area contributed by atoms with Gasteiger partial charge in [-0.2, -0.15) is 0 Å². The zero-order valence-electron chi connectivity index (χ0n) is 13.5. The maximum absolute atomic E-state index is 9.70. The van der Waals surface area contributed by atoms with Gasteiger partial charge in [0.1, 0.15) is 0 Å². The van der Waals surface area contributed by atoms with E-state index in [9.17, 15) is 10.2 Å². The van der Waals surface area contributed by atoms with Crippen molar-refractivity contribution in [3.8, 4) is 11.5 Å². The summed E-state index contributed by atoms with van der Waals surface area (Å²) in [5.74, 6) is 0.629. The minimum absolute atomic E-state index is 0.0976. The largest absolute Gasteiger partial charge is 0.504 e. The third kappa shape index (κ3) is 5.66. The van der Waals surface area contributed by atoms with Crippen molar-refractivity contribution in [1.82, 2.24) is 0 Å². The maximum atomic E-state index is 9.70. The SMILES string of the molecule is COc1cc(CCCCOC2CC(O)CC(CO)O2)ccc1O. The molecule has 3 atom stereocenters. The van der Waals surface area contributed by atoms with Gasteiger partial charge in [0.05, 0.1) is 25.9 Å². The van der Waals surface area contributed by atoms with Crippen LogP contribution in [0.1, 0.15) is 31.2 Å². The Morgan fingerprint density at radius 3 is 2.83 bits per heavy atom. The summed E-state index contributed by atoms with van der Waals surface area (Å²) in [4.78, 5) is 0. The highest BCUT2D eigenvalue weighted by Crippen LogP contribution is 2.27. The standard InChI is InChI=1S/C17H26O6/c1-21-16-8-12(5-6-15(16)20)4-2-3-7-22-17-10-13(19)9-14(11-18)23-17/h5-6,8,13-14,17-20H,2-4,7,9-11H2,1H3. The molecule has 3 N–H and O–H groups in total. The summed E-state index contributed by atoms with van der Waals surface area (Å²) >= 11 is 0. The lowest BCUT2D eigenvalue weighted by molar-refractivity contribution is -0.221. The molecule has 0 aromatic heterocycles. The Kier molecular flexibility index (Phi) is 7.11. The van der Waals surface area contributed by atoms with Crippen molar-refractivity contribution in [3.05, 3.63) is 23.8 Å². The number of methoxy groups -OCH3 is 1. The Bertz CT molecular complexity index is 478. The van der Waals surface area contributed by atoms with Crippen molar-refractivity contribution in [2.24, 2.45) is 0 Å². The van der Waals surface area contributed by atoms with Gasteiger partial charge in [-0.15, -0.1) is 0 Å². The molecule has 1 aromatic carbocycles. The monoisotopic (exact) mass is 326 g/mol. The zero-order chi connectivity index (χ0) is 16.7. The molecular formula is C17H26O6. The summed E-state index contributed by atoms with van der Waals surface area (Å²) in [7, 11) is 1.53. The van der Waals surface area contributed by atoms with E-state index in [0.29, 0.717) is 25.2 Å². The molecule has 0 radical (unpaired) electrons. The van der Waals surface area contributed by atoms with Gasteiger partial charge in [-0.25, -0.2) is 0 Å². The van der Waals surface area contributed by atoms with Crippen molar-refractivity contribution in [2.75, 3.05) is 20.3 Å². The molecular weight excluding hydrogens is 300 g/mol. The fourth-order valence-corrected chi connectivity index (χ4v) is 2.70. The molecule has 2 rings (SSSR count). The van der Waals surface area contributed by atoms with Crippen LogP contribution in [0.25, 0.3) is 0 Å². The van der Waals surface area contributed by atoms with Crippen LogP contribution in [-0.2, 0) is 15.9 Å². The van der Waals surface area contributed by atoms with E-state index in [0.717, 1.165) is 24.8 Å². The quantitative estimate of drug-likeness (QED) is 0.629. The average Bonchev–Trinajstić information content (AvgIpc) is 2.55. The van der Waals surface area contributed by atoms with Crippen molar-refractivity contribution in [2.45, 2.75) is 50.6 Å². The van der Waals surface area contributed by atoms with Crippen molar-refractivity contribution in [1.29, 1.82) is 0 Å². The van der Waals surface area contributed by atoms with E-state index in [-0.39, 0.29) is 18.5 Å². The zero-order valence-corrected chi connectivity index (χ0v) is 13.5. The van der Waals surface area contributed by atoms with E-state index < -0.39 is 12.4 Å². The first-order chi connectivity index (χ1) is 11.1. The van der Waals surface area contributed by atoms with Gasteiger partial charge in [0.25, 0.3) is 0 Å². The van der Waals surface area contributed by atoms with E-state index in [2.05, 4.69) is 0 Å². The number of aryl methyl sites for hydroxylation is 1. The summed E-state index contributed by atoms with van der Waals surface area (Å²) in [6.45, 7) is 0.449. The molecule has 0 amide bonds. The van der Waals surface area contributed by atoms with Gasteiger partial charge in [-0.3, -0.25) is 0 Å². The molecule has 0 saturated carbocycles. The van der Waals surface area contributed by atoms with E-state index >= 15 is 0 Å². The summed E-state index contributed by atoms with van der Waals surface area (Å²) < 4.78 is 16.3. The highest BCUT2D eigenvalue weighted by Gasteiger charge is 2.28.